The topological polar surface area (TPSA) is 124 Å². The first-order valence-electron chi connectivity index (χ1n) is 17.3. The molecular weight excluding hydrogens is 666 g/mol. The molecule has 12 heteroatoms. The van der Waals surface area contributed by atoms with Crippen LogP contribution in [0.25, 0.3) is 11.1 Å². The predicted octanol–water partition coefficient (Wildman–Crippen LogP) is 8.87. The lowest BCUT2D eigenvalue weighted by Crippen LogP contribution is -2.39. The summed E-state index contributed by atoms with van der Waals surface area (Å²) in [7, 11) is 0. The summed E-state index contributed by atoms with van der Waals surface area (Å²) in [6, 6.07) is 6.83. The SMILES string of the molecule is C=C(C)C(=O)OCc1cc(-c2cc(F)c(OC(=O)CCCCCCCCCC)c(F)c2)ccc1OCCCC1(COC(=O)C(=C)C)COC(=O)O1. The minimum absolute atomic E-state index is 0.0612. The molecule has 1 fully saturated rings. The first-order valence-corrected chi connectivity index (χ1v) is 17.3. The van der Waals surface area contributed by atoms with Gasteiger partial charge < -0.3 is 28.4 Å². The van der Waals surface area contributed by atoms with Crippen molar-refractivity contribution < 1.29 is 56.4 Å². The van der Waals surface area contributed by atoms with Gasteiger partial charge in [-0.05, 0) is 68.5 Å². The molecule has 0 aliphatic carbocycles. The van der Waals surface area contributed by atoms with Crippen molar-refractivity contribution in [2.45, 2.75) is 104 Å². The number of ether oxygens (including phenoxy) is 6. The predicted molar refractivity (Wildman–Crippen MR) is 185 cm³/mol. The van der Waals surface area contributed by atoms with Gasteiger partial charge in [-0.25, -0.2) is 23.2 Å². The van der Waals surface area contributed by atoms with E-state index in [4.69, 9.17) is 28.4 Å². The van der Waals surface area contributed by atoms with E-state index in [2.05, 4.69) is 20.1 Å². The third-order valence-corrected chi connectivity index (χ3v) is 8.15. The zero-order valence-electron chi connectivity index (χ0n) is 29.7. The van der Waals surface area contributed by atoms with Gasteiger partial charge in [-0.15, -0.1) is 0 Å². The molecular formula is C39H48F2O10. The lowest BCUT2D eigenvalue weighted by Gasteiger charge is -2.24. The summed E-state index contributed by atoms with van der Waals surface area (Å²) >= 11 is 0. The second-order valence-electron chi connectivity index (χ2n) is 12.8. The van der Waals surface area contributed by atoms with Crippen molar-refractivity contribution in [1.82, 2.24) is 0 Å². The zero-order chi connectivity index (χ0) is 37.4. The van der Waals surface area contributed by atoms with Crippen LogP contribution < -0.4 is 9.47 Å². The Balaban J connectivity index is 1.67. The van der Waals surface area contributed by atoms with Gasteiger partial charge in [-0.1, -0.05) is 71.1 Å². The van der Waals surface area contributed by atoms with Crippen LogP contribution >= 0.6 is 0 Å². The van der Waals surface area contributed by atoms with Crippen LogP contribution in [0.4, 0.5) is 13.6 Å². The average Bonchev–Trinajstić information content (AvgIpc) is 3.47. The maximum atomic E-state index is 15.1. The molecule has 10 nitrogen and oxygen atoms in total. The highest BCUT2D eigenvalue weighted by Crippen LogP contribution is 2.33. The quantitative estimate of drug-likeness (QED) is 0.0384. The zero-order valence-corrected chi connectivity index (χ0v) is 29.7. The summed E-state index contributed by atoms with van der Waals surface area (Å²) in [4.78, 5) is 48.1. The average molecular weight is 715 g/mol. The maximum Gasteiger partial charge on any atom is 0.509 e. The fourth-order valence-electron chi connectivity index (χ4n) is 5.26. The molecule has 0 saturated carbocycles. The lowest BCUT2D eigenvalue weighted by atomic mass is 10.00. The van der Waals surface area contributed by atoms with E-state index in [1.807, 2.05) is 0 Å². The smallest absolute Gasteiger partial charge is 0.493 e. The van der Waals surface area contributed by atoms with Crippen LogP contribution in [-0.2, 0) is 39.9 Å². The summed E-state index contributed by atoms with van der Waals surface area (Å²) < 4.78 is 62.1. The number of halogens is 2. The molecule has 1 aliphatic rings. The molecule has 0 spiro atoms. The van der Waals surface area contributed by atoms with E-state index in [1.165, 1.54) is 33.1 Å². The fraction of sp³-hybridized carbons (Fsp3) is 0.487. The van der Waals surface area contributed by atoms with Crippen molar-refractivity contribution >= 4 is 24.1 Å². The van der Waals surface area contributed by atoms with E-state index in [0.717, 1.165) is 37.8 Å². The minimum atomic E-state index is -1.20. The Bertz CT molecular complexity index is 1550. The van der Waals surface area contributed by atoms with E-state index in [0.29, 0.717) is 29.7 Å². The van der Waals surface area contributed by atoms with Crippen molar-refractivity contribution in [1.29, 1.82) is 0 Å². The summed E-state index contributed by atoms with van der Waals surface area (Å²) in [6.07, 6.45) is 8.01. The summed E-state index contributed by atoms with van der Waals surface area (Å²) in [5, 5.41) is 0. The lowest BCUT2D eigenvalue weighted by molar-refractivity contribution is -0.145. The molecule has 1 unspecified atom stereocenters. The van der Waals surface area contributed by atoms with Gasteiger partial charge in [0, 0.05) is 23.1 Å². The van der Waals surface area contributed by atoms with Crippen molar-refractivity contribution in [2.75, 3.05) is 19.8 Å². The number of hydrogen-bond donors (Lipinski definition) is 0. The van der Waals surface area contributed by atoms with Gasteiger partial charge in [0.15, 0.2) is 17.2 Å². The second-order valence-corrected chi connectivity index (χ2v) is 12.8. The first kappa shape index (κ1) is 40.7. The molecule has 278 valence electrons. The van der Waals surface area contributed by atoms with Crippen LogP contribution in [0.1, 0.15) is 97.0 Å². The summed E-state index contributed by atoms with van der Waals surface area (Å²) in [5.74, 6) is -4.49. The Morgan fingerprint density at radius 3 is 2.08 bits per heavy atom. The van der Waals surface area contributed by atoms with E-state index < -0.39 is 47.0 Å². The molecule has 51 heavy (non-hydrogen) atoms. The number of rotatable bonds is 22. The Hall–Kier alpha value is -4.74. The normalized spacial score (nSPS) is 15.0. The Morgan fingerprint density at radius 2 is 1.47 bits per heavy atom. The number of carbonyl (C=O) groups is 4. The fourth-order valence-corrected chi connectivity index (χ4v) is 5.26. The summed E-state index contributed by atoms with van der Waals surface area (Å²) in [5.41, 5.74) is 0.0992. The second kappa shape index (κ2) is 20.2. The van der Waals surface area contributed by atoms with Crippen molar-refractivity contribution in [3.8, 4) is 22.6 Å². The standard InChI is InChI=1S/C39H48F2O10/c1-6-7-8-9-10-11-12-13-15-34(42)50-35-31(40)21-29(22-32(35)41)28-16-17-33(30(20-28)23-47-36(43)26(2)3)46-19-14-18-39(25-49-38(45)51-39)24-48-37(44)27(4)5/h16-17,20-22H,2,4,6-15,18-19,23-25H2,1,3,5H3. The largest absolute Gasteiger partial charge is 0.509 e. The minimum Gasteiger partial charge on any atom is -0.493 e. The third kappa shape index (κ3) is 13.1. The van der Waals surface area contributed by atoms with Crippen molar-refractivity contribution in [3.05, 3.63) is 71.8 Å². The molecule has 0 bridgehead atoms. The van der Waals surface area contributed by atoms with Gasteiger partial charge in [-0.3, -0.25) is 4.79 Å². The van der Waals surface area contributed by atoms with Gasteiger partial charge in [0.25, 0.3) is 0 Å². The first-order chi connectivity index (χ1) is 24.3. The molecule has 1 heterocycles. The molecule has 2 aromatic carbocycles. The van der Waals surface area contributed by atoms with Crippen LogP contribution in [0.3, 0.4) is 0 Å². The molecule has 0 aromatic heterocycles. The van der Waals surface area contributed by atoms with Gasteiger partial charge in [-0.2, -0.15) is 0 Å². The molecule has 1 atom stereocenters. The van der Waals surface area contributed by atoms with Gasteiger partial charge >= 0.3 is 24.1 Å². The van der Waals surface area contributed by atoms with Crippen LogP contribution in [-0.4, -0.2) is 49.5 Å². The number of hydrogen-bond acceptors (Lipinski definition) is 10. The maximum absolute atomic E-state index is 15.1. The number of benzene rings is 2. The highest BCUT2D eigenvalue weighted by atomic mass is 19.1. The molecule has 0 N–H and O–H groups in total. The van der Waals surface area contributed by atoms with Crippen LogP contribution in [0.5, 0.6) is 11.5 Å². The van der Waals surface area contributed by atoms with Gasteiger partial charge in [0.1, 0.15) is 25.6 Å². The van der Waals surface area contributed by atoms with Crippen LogP contribution in [0.2, 0.25) is 0 Å². The molecule has 3 rings (SSSR count). The highest BCUT2D eigenvalue weighted by Gasteiger charge is 2.43. The molecule has 0 amide bonds. The van der Waals surface area contributed by atoms with E-state index in [9.17, 15) is 19.2 Å². The summed E-state index contributed by atoms with van der Waals surface area (Å²) in [6.45, 7) is 11.8. The molecule has 2 aromatic rings. The van der Waals surface area contributed by atoms with Crippen molar-refractivity contribution in [3.63, 3.8) is 0 Å². The Labute approximate surface area is 298 Å². The molecule has 1 aliphatic heterocycles. The van der Waals surface area contributed by atoms with Gasteiger partial charge in [0.05, 0.1) is 6.61 Å². The molecule has 0 radical (unpaired) electrons. The monoisotopic (exact) mass is 714 g/mol. The van der Waals surface area contributed by atoms with Crippen LogP contribution in [0, 0.1) is 11.6 Å². The third-order valence-electron chi connectivity index (χ3n) is 8.15. The van der Waals surface area contributed by atoms with E-state index in [-0.39, 0.29) is 56.0 Å². The number of esters is 3. The van der Waals surface area contributed by atoms with E-state index in [1.54, 1.807) is 18.2 Å². The highest BCUT2D eigenvalue weighted by molar-refractivity contribution is 5.87. The molecule has 1 saturated heterocycles. The number of carbonyl (C=O) groups excluding carboxylic acids is 4. The van der Waals surface area contributed by atoms with Crippen molar-refractivity contribution in [2.24, 2.45) is 0 Å². The number of cyclic esters (lactones) is 2. The van der Waals surface area contributed by atoms with Crippen LogP contribution in [0.15, 0.2) is 54.6 Å². The Morgan fingerprint density at radius 1 is 0.843 bits per heavy atom. The van der Waals surface area contributed by atoms with E-state index >= 15 is 8.78 Å². The number of unbranched alkanes of at least 4 members (excludes halogenated alkanes) is 7. The van der Waals surface area contributed by atoms with Gasteiger partial charge in [0.2, 0.25) is 5.75 Å². The Kier molecular flexibility index (Phi) is 16.1.